The molecule has 4 rings (SSSR count). The van der Waals surface area contributed by atoms with Gasteiger partial charge in [0.15, 0.2) is 11.6 Å². The fourth-order valence-electron chi connectivity index (χ4n) is 6.28. The molecule has 0 aromatic heterocycles. The highest BCUT2D eigenvalue weighted by molar-refractivity contribution is 8.17. The van der Waals surface area contributed by atoms with Gasteiger partial charge < -0.3 is 0 Å². The minimum absolute atomic E-state index is 0.135. The Balaban J connectivity index is 1.19. The third kappa shape index (κ3) is 5.95. The van der Waals surface area contributed by atoms with Gasteiger partial charge in [-0.25, -0.2) is 8.78 Å². The van der Waals surface area contributed by atoms with E-state index >= 15 is 0 Å². The van der Waals surface area contributed by atoms with E-state index in [0.717, 1.165) is 35.2 Å². The lowest BCUT2D eigenvalue weighted by atomic mass is 9.69. The molecule has 3 fully saturated rings. The third-order valence-corrected chi connectivity index (χ3v) is 11.8. The maximum Gasteiger partial charge on any atom is 0.162 e. The van der Waals surface area contributed by atoms with E-state index in [1.165, 1.54) is 64.2 Å². The van der Waals surface area contributed by atoms with E-state index in [1.54, 1.807) is 19.1 Å². The molecule has 1 saturated heterocycles. The standard InChI is InChI=1S/C28H40F2S2/c1-3-4-5-6-20-8-10-21(11-9-20)22-12-14-23(15-13-22)28-31-17-24(18-32-28)25-16-7-19(2)26(29)27(25)30/h3-4,7,16,20-24,28H,5-6,8-15,17-18H2,1-2H3/b4-3+. The Morgan fingerprint density at radius 1 is 0.844 bits per heavy atom. The number of halogens is 2. The molecular formula is C28H40F2S2. The summed E-state index contributed by atoms with van der Waals surface area (Å²) in [4.78, 5) is 0. The van der Waals surface area contributed by atoms with Crippen LogP contribution in [0, 0.1) is 42.2 Å². The minimum Gasteiger partial charge on any atom is -0.203 e. The number of benzene rings is 1. The van der Waals surface area contributed by atoms with Gasteiger partial charge in [0.2, 0.25) is 0 Å². The molecular weight excluding hydrogens is 438 g/mol. The second kappa shape index (κ2) is 11.8. The summed E-state index contributed by atoms with van der Waals surface area (Å²) in [6.07, 6.45) is 18.6. The Hall–Kier alpha value is -0.480. The van der Waals surface area contributed by atoms with Crippen LogP contribution in [0.3, 0.4) is 0 Å². The molecule has 32 heavy (non-hydrogen) atoms. The lowest BCUT2D eigenvalue weighted by molar-refractivity contribution is 0.147. The lowest BCUT2D eigenvalue weighted by Crippen LogP contribution is -2.30. The highest BCUT2D eigenvalue weighted by Gasteiger charge is 2.36. The largest absolute Gasteiger partial charge is 0.203 e. The zero-order valence-electron chi connectivity index (χ0n) is 19.8. The zero-order chi connectivity index (χ0) is 22.5. The first-order valence-corrected chi connectivity index (χ1v) is 14.9. The third-order valence-electron chi connectivity index (χ3n) is 8.41. The van der Waals surface area contributed by atoms with Crippen LogP contribution in [-0.2, 0) is 0 Å². The van der Waals surface area contributed by atoms with Crippen molar-refractivity contribution in [2.24, 2.45) is 23.7 Å². The summed E-state index contributed by atoms with van der Waals surface area (Å²) in [7, 11) is 0. The van der Waals surface area contributed by atoms with Gasteiger partial charge in [-0.15, -0.1) is 23.5 Å². The van der Waals surface area contributed by atoms with Crippen LogP contribution in [0.25, 0.3) is 0 Å². The summed E-state index contributed by atoms with van der Waals surface area (Å²) in [5, 5.41) is 0. The van der Waals surface area contributed by atoms with Crippen molar-refractivity contribution in [1.82, 2.24) is 0 Å². The molecule has 1 aliphatic heterocycles. The first kappa shape index (κ1) is 24.6. The van der Waals surface area contributed by atoms with Gasteiger partial charge in [0.25, 0.3) is 0 Å². The Morgan fingerprint density at radius 2 is 1.44 bits per heavy atom. The SMILES string of the molecule is C/C=C/CCC1CCC(C2CCC(C3SCC(c4ccc(C)c(F)c4F)CS3)CC2)CC1. The van der Waals surface area contributed by atoms with Crippen molar-refractivity contribution >= 4 is 23.5 Å². The van der Waals surface area contributed by atoms with Crippen LogP contribution in [0.4, 0.5) is 8.78 Å². The molecule has 0 spiro atoms. The summed E-state index contributed by atoms with van der Waals surface area (Å²) in [6.45, 7) is 3.76. The minimum atomic E-state index is -0.662. The highest BCUT2D eigenvalue weighted by atomic mass is 32.2. The Bertz CT molecular complexity index is 753. The fourth-order valence-corrected chi connectivity index (χ4v) is 9.81. The van der Waals surface area contributed by atoms with Crippen LogP contribution in [0.5, 0.6) is 0 Å². The number of allylic oxidation sites excluding steroid dienone is 2. The van der Waals surface area contributed by atoms with E-state index in [4.69, 9.17) is 0 Å². The maximum atomic E-state index is 14.4. The predicted molar refractivity (Wildman–Crippen MR) is 137 cm³/mol. The number of aryl methyl sites for hydroxylation is 1. The van der Waals surface area contributed by atoms with Crippen LogP contribution in [0.15, 0.2) is 24.3 Å². The summed E-state index contributed by atoms with van der Waals surface area (Å²) in [5.41, 5.74) is 0.982. The van der Waals surface area contributed by atoms with Crippen molar-refractivity contribution in [2.75, 3.05) is 11.5 Å². The molecule has 1 aromatic carbocycles. The molecule has 178 valence electrons. The highest BCUT2D eigenvalue weighted by Crippen LogP contribution is 2.49. The molecule has 1 aromatic rings. The first-order valence-electron chi connectivity index (χ1n) is 12.9. The van der Waals surface area contributed by atoms with Gasteiger partial charge in [-0.2, -0.15) is 0 Å². The van der Waals surface area contributed by atoms with Gasteiger partial charge in [-0.1, -0.05) is 37.1 Å². The first-order chi connectivity index (χ1) is 15.6. The Morgan fingerprint density at radius 3 is 2.06 bits per heavy atom. The zero-order valence-corrected chi connectivity index (χ0v) is 21.5. The van der Waals surface area contributed by atoms with Gasteiger partial charge >= 0.3 is 0 Å². The van der Waals surface area contributed by atoms with Crippen molar-refractivity contribution in [3.05, 3.63) is 47.0 Å². The molecule has 0 radical (unpaired) electrons. The van der Waals surface area contributed by atoms with E-state index in [9.17, 15) is 8.78 Å². The number of hydrogen-bond donors (Lipinski definition) is 0. The maximum absolute atomic E-state index is 14.4. The smallest absolute Gasteiger partial charge is 0.162 e. The molecule has 0 bridgehead atoms. The molecule has 0 unspecified atom stereocenters. The fraction of sp³-hybridized carbons (Fsp3) is 0.714. The van der Waals surface area contributed by atoms with Crippen LogP contribution < -0.4 is 0 Å². The average Bonchev–Trinajstić information content (AvgIpc) is 2.84. The van der Waals surface area contributed by atoms with Crippen molar-refractivity contribution in [3.63, 3.8) is 0 Å². The monoisotopic (exact) mass is 478 g/mol. The van der Waals surface area contributed by atoms with E-state index in [0.29, 0.717) is 15.7 Å². The van der Waals surface area contributed by atoms with Crippen LogP contribution in [0.2, 0.25) is 0 Å². The lowest BCUT2D eigenvalue weighted by Gasteiger charge is -2.41. The van der Waals surface area contributed by atoms with E-state index < -0.39 is 11.6 Å². The van der Waals surface area contributed by atoms with Crippen LogP contribution in [-0.4, -0.2) is 16.1 Å². The molecule has 0 nitrogen and oxygen atoms in total. The number of rotatable bonds is 6. The van der Waals surface area contributed by atoms with Gasteiger partial charge in [-0.05, 0) is 100 Å². The van der Waals surface area contributed by atoms with Crippen LogP contribution >= 0.6 is 23.5 Å². The quantitative estimate of drug-likeness (QED) is 0.374. The summed E-state index contributed by atoms with van der Waals surface area (Å²) < 4.78 is 29.1. The average molecular weight is 479 g/mol. The topological polar surface area (TPSA) is 0 Å². The van der Waals surface area contributed by atoms with Crippen molar-refractivity contribution in [2.45, 2.75) is 88.6 Å². The summed E-state index contributed by atoms with van der Waals surface area (Å²) in [6, 6.07) is 3.53. The Kier molecular flexibility index (Phi) is 9.07. The molecule has 0 atom stereocenters. The van der Waals surface area contributed by atoms with Crippen molar-refractivity contribution in [3.8, 4) is 0 Å². The van der Waals surface area contributed by atoms with Gasteiger partial charge in [0.05, 0.1) is 4.58 Å². The summed E-state index contributed by atoms with van der Waals surface area (Å²) >= 11 is 4.01. The van der Waals surface area contributed by atoms with E-state index in [2.05, 4.69) is 19.1 Å². The van der Waals surface area contributed by atoms with Crippen LogP contribution in [0.1, 0.15) is 88.2 Å². The van der Waals surface area contributed by atoms with Crippen molar-refractivity contribution in [1.29, 1.82) is 0 Å². The predicted octanol–water partition coefficient (Wildman–Crippen LogP) is 9.13. The summed E-state index contributed by atoms with van der Waals surface area (Å²) in [5.74, 6) is 4.41. The molecule has 4 heteroatoms. The Labute approximate surface area is 202 Å². The van der Waals surface area contributed by atoms with E-state index in [-0.39, 0.29) is 5.92 Å². The molecule has 0 N–H and O–H groups in total. The molecule has 0 amide bonds. The second-order valence-corrected chi connectivity index (χ2v) is 13.1. The van der Waals surface area contributed by atoms with Gasteiger partial charge in [0.1, 0.15) is 0 Å². The number of thioether (sulfide) groups is 2. The van der Waals surface area contributed by atoms with Crippen molar-refractivity contribution < 1.29 is 8.78 Å². The van der Waals surface area contributed by atoms with Gasteiger partial charge in [0, 0.05) is 17.4 Å². The second-order valence-electron chi connectivity index (χ2n) is 10.4. The normalized spacial score (nSPS) is 34.1. The molecule has 1 heterocycles. The molecule has 2 saturated carbocycles. The van der Waals surface area contributed by atoms with Gasteiger partial charge in [-0.3, -0.25) is 0 Å². The molecule has 3 aliphatic rings. The van der Waals surface area contributed by atoms with E-state index in [1.807, 2.05) is 23.5 Å². The number of hydrogen-bond acceptors (Lipinski definition) is 2. The molecule has 2 aliphatic carbocycles.